The Morgan fingerprint density at radius 3 is 1.89 bits per heavy atom. The first kappa shape index (κ1) is 18.0. The summed E-state index contributed by atoms with van der Waals surface area (Å²) in [6.07, 6.45) is -8.52. The van der Waals surface area contributed by atoms with Gasteiger partial charge in [0.05, 0.1) is 7.11 Å². The highest BCUT2D eigenvalue weighted by Crippen LogP contribution is 2.48. The second kappa shape index (κ2) is 6.42. The SMILES string of the molecule is COC(=O)CCCCCC(F)(F)C(F)(F)C(F)(F)F. The molecule has 0 unspecified atom stereocenters. The van der Waals surface area contributed by atoms with E-state index in [1.54, 1.807) is 0 Å². The van der Waals surface area contributed by atoms with E-state index < -0.39 is 36.8 Å². The summed E-state index contributed by atoms with van der Waals surface area (Å²) in [6, 6.07) is 0. The maximum atomic E-state index is 12.8. The number of halogens is 7. The summed E-state index contributed by atoms with van der Waals surface area (Å²) in [5.41, 5.74) is 0. The molecular formula is C10H13F7O2. The largest absolute Gasteiger partial charge is 0.469 e. The first-order valence-electron chi connectivity index (χ1n) is 5.35. The van der Waals surface area contributed by atoms with Crippen molar-refractivity contribution in [1.82, 2.24) is 0 Å². The van der Waals surface area contributed by atoms with Gasteiger partial charge in [-0.05, 0) is 12.8 Å². The maximum Gasteiger partial charge on any atom is 0.459 e. The van der Waals surface area contributed by atoms with Crippen molar-refractivity contribution in [3.05, 3.63) is 0 Å². The van der Waals surface area contributed by atoms with Gasteiger partial charge in [0.1, 0.15) is 0 Å². The molecule has 19 heavy (non-hydrogen) atoms. The minimum atomic E-state index is -6.29. The number of rotatable bonds is 7. The Labute approximate surface area is 104 Å². The Balaban J connectivity index is 4.21. The van der Waals surface area contributed by atoms with Gasteiger partial charge in [0.15, 0.2) is 0 Å². The van der Waals surface area contributed by atoms with Crippen LogP contribution in [0.3, 0.4) is 0 Å². The molecule has 0 saturated heterocycles. The Hall–Kier alpha value is -1.02. The van der Waals surface area contributed by atoms with Gasteiger partial charge in [-0.1, -0.05) is 6.42 Å². The molecule has 0 atom stereocenters. The Morgan fingerprint density at radius 2 is 1.47 bits per heavy atom. The van der Waals surface area contributed by atoms with Crippen LogP contribution in [-0.2, 0) is 9.53 Å². The van der Waals surface area contributed by atoms with E-state index in [9.17, 15) is 35.5 Å². The first-order valence-corrected chi connectivity index (χ1v) is 5.35. The lowest BCUT2D eigenvalue weighted by atomic mass is 10.0. The average molecular weight is 298 g/mol. The second-order valence-electron chi connectivity index (χ2n) is 3.91. The highest BCUT2D eigenvalue weighted by atomic mass is 19.4. The van der Waals surface area contributed by atoms with Gasteiger partial charge in [-0.15, -0.1) is 0 Å². The van der Waals surface area contributed by atoms with Crippen LogP contribution in [0.5, 0.6) is 0 Å². The lowest BCUT2D eigenvalue weighted by molar-refractivity contribution is -0.355. The Kier molecular flexibility index (Phi) is 6.08. The summed E-state index contributed by atoms with van der Waals surface area (Å²) >= 11 is 0. The van der Waals surface area contributed by atoms with Crippen LogP contribution < -0.4 is 0 Å². The van der Waals surface area contributed by atoms with E-state index in [0.717, 1.165) is 7.11 Å². The van der Waals surface area contributed by atoms with Crippen LogP contribution >= 0.6 is 0 Å². The first-order chi connectivity index (χ1) is 8.45. The molecule has 0 amide bonds. The van der Waals surface area contributed by atoms with Gasteiger partial charge in [0, 0.05) is 12.8 Å². The van der Waals surface area contributed by atoms with Crippen LogP contribution in [0.15, 0.2) is 0 Å². The fraction of sp³-hybridized carbons (Fsp3) is 0.900. The number of unbranched alkanes of at least 4 members (excludes halogenated alkanes) is 2. The molecule has 0 fully saturated rings. The van der Waals surface area contributed by atoms with Crippen molar-refractivity contribution >= 4 is 5.97 Å². The third-order valence-corrected chi connectivity index (χ3v) is 2.41. The average Bonchev–Trinajstić information content (AvgIpc) is 2.26. The topological polar surface area (TPSA) is 26.3 Å². The normalized spacial score (nSPS) is 13.5. The quantitative estimate of drug-likeness (QED) is 0.404. The molecule has 0 aliphatic heterocycles. The van der Waals surface area contributed by atoms with Crippen molar-refractivity contribution in [2.24, 2.45) is 0 Å². The van der Waals surface area contributed by atoms with Crippen molar-refractivity contribution in [3.8, 4) is 0 Å². The van der Waals surface area contributed by atoms with Gasteiger partial charge < -0.3 is 4.74 Å². The van der Waals surface area contributed by atoms with Crippen LogP contribution in [0.25, 0.3) is 0 Å². The summed E-state index contributed by atoms with van der Waals surface area (Å²) < 4.78 is 90.0. The van der Waals surface area contributed by atoms with Crippen molar-refractivity contribution in [2.75, 3.05) is 7.11 Å². The summed E-state index contributed by atoms with van der Waals surface area (Å²) in [7, 11) is 1.11. The maximum absolute atomic E-state index is 12.8. The number of alkyl halides is 7. The minimum absolute atomic E-state index is 0.0708. The molecule has 0 heterocycles. The molecule has 0 N–H and O–H groups in total. The number of hydrogen-bond donors (Lipinski definition) is 0. The van der Waals surface area contributed by atoms with Crippen LogP contribution in [0.2, 0.25) is 0 Å². The summed E-state index contributed by atoms with van der Waals surface area (Å²) in [4.78, 5) is 10.6. The van der Waals surface area contributed by atoms with E-state index >= 15 is 0 Å². The standard InChI is InChI=1S/C10H13F7O2/c1-19-7(18)5-3-2-4-6-8(11,12)9(13,14)10(15,16)17/h2-6H2,1H3. The number of methoxy groups -OCH3 is 1. The lowest BCUT2D eigenvalue weighted by Gasteiger charge is -2.28. The fourth-order valence-corrected chi connectivity index (χ4v) is 1.26. The van der Waals surface area contributed by atoms with Gasteiger partial charge in [0.25, 0.3) is 0 Å². The number of carbonyl (C=O) groups is 1. The Bertz CT molecular complexity index is 299. The van der Waals surface area contributed by atoms with Crippen LogP contribution in [0.1, 0.15) is 32.1 Å². The van der Waals surface area contributed by atoms with Crippen LogP contribution in [0, 0.1) is 0 Å². The minimum Gasteiger partial charge on any atom is -0.469 e. The third kappa shape index (κ3) is 4.87. The van der Waals surface area contributed by atoms with Gasteiger partial charge in [-0.25, -0.2) is 0 Å². The van der Waals surface area contributed by atoms with Crippen molar-refractivity contribution in [1.29, 1.82) is 0 Å². The monoisotopic (exact) mass is 298 g/mol. The molecule has 0 aromatic rings. The molecule has 0 aliphatic carbocycles. The van der Waals surface area contributed by atoms with Gasteiger partial charge in [0.2, 0.25) is 0 Å². The molecular weight excluding hydrogens is 285 g/mol. The lowest BCUT2D eigenvalue weighted by Crippen LogP contribution is -2.51. The Morgan fingerprint density at radius 1 is 0.947 bits per heavy atom. The molecule has 114 valence electrons. The molecule has 0 spiro atoms. The molecule has 0 aliphatic rings. The second-order valence-corrected chi connectivity index (χ2v) is 3.91. The zero-order valence-electron chi connectivity index (χ0n) is 10.00. The number of carbonyl (C=O) groups excluding carboxylic acids is 1. The van der Waals surface area contributed by atoms with Crippen molar-refractivity contribution in [3.63, 3.8) is 0 Å². The predicted octanol–water partition coefficient (Wildman–Crippen LogP) is 3.94. The zero-order chi connectivity index (χ0) is 15.3. The summed E-state index contributed by atoms with van der Waals surface area (Å²) in [5.74, 6) is -11.8. The van der Waals surface area contributed by atoms with E-state index in [1.807, 2.05) is 0 Å². The highest BCUT2D eigenvalue weighted by molar-refractivity contribution is 5.68. The van der Waals surface area contributed by atoms with E-state index in [4.69, 9.17) is 0 Å². The van der Waals surface area contributed by atoms with Gasteiger partial charge >= 0.3 is 24.0 Å². The molecule has 0 saturated carbocycles. The van der Waals surface area contributed by atoms with Crippen LogP contribution in [0.4, 0.5) is 30.7 Å². The molecule has 2 nitrogen and oxygen atoms in total. The van der Waals surface area contributed by atoms with Crippen LogP contribution in [-0.4, -0.2) is 31.1 Å². The van der Waals surface area contributed by atoms with E-state index in [1.165, 1.54) is 0 Å². The third-order valence-electron chi connectivity index (χ3n) is 2.41. The summed E-state index contributed by atoms with van der Waals surface area (Å²) in [5, 5.41) is 0. The fourth-order valence-electron chi connectivity index (χ4n) is 1.26. The number of hydrogen-bond acceptors (Lipinski definition) is 2. The molecule has 0 aromatic carbocycles. The number of ether oxygens (including phenoxy) is 1. The highest BCUT2D eigenvalue weighted by Gasteiger charge is 2.72. The molecule has 0 aromatic heterocycles. The van der Waals surface area contributed by atoms with Gasteiger partial charge in [-0.3, -0.25) is 4.79 Å². The molecule has 9 heteroatoms. The smallest absolute Gasteiger partial charge is 0.459 e. The molecule has 0 rings (SSSR count). The molecule has 0 radical (unpaired) electrons. The predicted molar refractivity (Wildman–Crippen MR) is 51.1 cm³/mol. The van der Waals surface area contributed by atoms with E-state index in [2.05, 4.69) is 4.74 Å². The number of esters is 1. The van der Waals surface area contributed by atoms with E-state index in [-0.39, 0.29) is 19.3 Å². The summed E-state index contributed by atoms with van der Waals surface area (Å²) in [6.45, 7) is 0. The van der Waals surface area contributed by atoms with Crippen molar-refractivity contribution in [2.45, 2.75) is 50.1 Å². The zero-order valence-corrected chi connectivity index (χ0v) is 10.00. The van der Waals surface area contributed by atoms with Gasteiger partial charge in [-0.2, -0.15) is 30.7 Å². The van der Waals surface area contributed by atoms with E-state index in [0.29, 0.717) is 0 Å². The van der Waals surface area contributed by atoms with Crippen molar-refractivity contribution < 1.29 is 40.3 Å². The molecule has 0 bridgehead atoms.